The lowest BCUT2D eigenvalue weighted by Crippen LogP contribution is -1.82. The highest BCUT2D eigenvalue weighted by molar-refractivity contribution is 6.35. The second-order valence-corrected chi connectivity index (χ2v) is 4.88. The van der Waals surface area contributed by atoms with E-state index in [1.54, 1.807) is 30.3 Å². The van der Waals surface area contributed by atoms with Crippen LogP contribution in [0.15, 0.2) is 50.4 Å². The molecule has 0 saturated heterocycles. The van der Waals surface area contributed by atoms with Crippen molar-refractivity contribution in [2.24, 2.45) is 4.99 Å². The molecule has 2 heterocycles. The van der Waals surface area contributed by atoms with E-state index in [4.69, 9.17) is 32.0 Å². The Balaban J connectivity index is 1.91. The lowest BCUT2D eigenvalue weighted by Gasteiger charge is -1.97. The Bertz CT molecular complexity index is 795. The molecule has 0 radical (unpaired) electrons. The third-order valence-electron chi connectivity index (χ3n) is 2.60. The Hall–Kier alpha value is -2.24. The molecule has 5 nitrogen and oxygen atoms in total. The molecule has 0 bridgehead atoms. The minimum Gasteiger partial charge on any atom is -0.479 e. The summed E-state index contributed by atoms with van der Waals surface area (Å²) in [4.78, 5) is 8.22. The van der Waals surface area contributed by atoms with E-state index in [-0.39, 0.29) is 17.5 Å². The second kappa shape index (κ2) is 5.63. The van der Waals surface area contributed by atoms with Gasteiger partial charge in [0, 0.05) is 5.02 Å². The topological polar surface area (TPSA) is 71.8 Å². The number of hydrogen-bond acceptors (Lipinski definition) is 5. The summed E-state index contributed by atoms with van der Waals surface area (Å²) in [5.41, 5.74) is 0.628. The number of aliphatic imine (C=N–C) groups is 1. The molecule has 106 valence electrons. The summed E-state index contributed by atoms with van der Waals surface area (Å²) in [7, 11) is 0. The molecule has 0 aliphatic heterocycles. The van der Waals surface area contributed by atoms with Crippen LogP contribution in [0.2, 0.25) is 10.0 Å². The summed E-state index contributed by atoms with van der Waals surface area (Å²) < 4.78 is 10.2. The first-order valence-electron chi connectivity index (χ1n) is 5.86. The zero-order valence-corrected chi connectivity index (χ0v) is 12.0. The molecule has 0 unspecified atom stereocenters. The van der Waals surface area contributed by atoms with Gasteiger partial charge in [-0.25, -0.2) is 4.98 Å². The van der Waals surface area contributed by atoms with Crippen LogP contribution in [0.4, 0.5) is 5.69 Å². The molecule has 0 saturated carbocycles. The molecule has 3 aromatic rings. The average Bonchev–Trinajstić information content (AvgIpc) is 3.09. The minimum absolute atomic E-state index is 0.163. The van der Waals surface area contributed by atoms with E-state index >= 15 is 0 Å². The van der Waals surface area contributed by atoms with Crippen molar-refractivity contribution in [1.82, 2.24) is 4.98 Å². The van der Waals surface area contributed by atoms with E-state index in [2.05, 4.69) is 9.98 Å². The van der Waals surface area contributed by atoms with Gasteiger partial charge in [0.2, 0.25) is 0 Å². The summed E-state index contributed by atoms with van der Waals surface area (Å²) in [5, 5.41) is 10.7. The van der Waals surface area contributed by atoms with Crippen LogP contribution in [0.25, 0.3) is 11.7 Å². The van der Waals surface area contributed by atoms with E-state index in [0.29, 0.717) is 21.5 Å². The maximum atomic E-state index is 9.71. The summed E-state index contributed by atoms with van der Waals surface area (Å²) in [6, 6.07) is 8.25. The predicted molar refractivity (Wildman–Crippen MR) is 79.6 cm³/mol. The smallest absolute Gasteiger partial charge is 0.312 e. The van der Waals surface area contributed by atoms with Crippen molar-refractivity contribution in [3.05, 3.63) is 52.3 Å². The van der Waals surface area contributed by atoms with Gasteiger partial charge >= 0.3 is 5.95 Å². The van der Waals surface area contributed by atoms with Gasteiger partial charge in [-0.3, -0.25) is 4.99 Å². The van der Waals surface area contributed by atoms with E-state index in [1.807, 2.05) is 0 Å². The van der Waals surface area contributed by atoms with Gasteiger partial charge in [-0.2, -0.15) is 0 Å². The summed E-state index contributed by atoms with van der Waals surface area (Å²) in [6.07, 6.45) is 2.82. The Morgan fingerprint density at radius 1 is 1.24 bits per heavy atom. The second-order valence-electron chi connectivity index (χ2n) is 4.04. The Morgan fingerprint density at radius 2 is 2.10 bits per heavy atom. The van der Waals surface area contributed by atoms with Crippen molar-refractivity contribution in [3.8, 4) is 17.6 Å². The van der Waals surface area contributed by atoms with E-state index in [0.717, 1.165) is 0 Å². The van der Waals surface area contributed by atoms with Gasteiger partial charge in [0.15, 0.2) is 11.5 Å². The lowest BCUT2D eigenvalue weighted by atomic mass is 10.3. The van der Waals surface area contributed by atoms with Gasteiger partial charge in [-0.05, 0) is 30.3 Å². The highest BCUT2D eigenvalue weighted by atomic mass is 35.5. The highest BCUT2D eigenvalue weighted by Crippen LogP contribution is 2.29. The number of halogens is 2. The van der Waals surface area contributed by atoms with Crippen LogP contribution in [-0.4, -0.2) is 16.3 Å². The molecule has 0 atom stereocenters. The molecule has 7 heteroatoms. The van der Waals surface area contributed by atoms with Crippen LogP contribution < -0.4 is 0 Å². The lowest BCUT2D eigenvalue weighted by molar-refractivity contribution is 0.333. The zero-order chi connectivity index (χ0) is 14.8. The van der Waals surface area contributed by atoms with Crippen molar-refractivity contribution in [2.45, 2.75) is 0 Å². The van der Waals surface area contributed by atoms with E-state index < -0.39 is 0 Å². The molecular weight excluding hydrogens is 315 g/mol. The maximum Gasteiger partial charge on any atom is 0.312 e. The van der Waals surface area contributed by atoms with Crippen molar-refractivity contribution in [2.75, 3.05) is 0 Å². The predicted octanol–water partition coefficient (Wildman–Crippen LogP) is 4.70. The average molecular weight is 323 g/mol. The molecule has 0 aliphatic carbocycles. The molecular formula is C14H8Cl2N2O3. The number of aromatic hydroxyl groups is 1. The van der Waals surface area contributed by atoms with Crippen LogP contribution in [0.1, 0.15) is 5.69 Å². The van der Waals surface area contributed by atoms with Crippen LogP contribution in [-0.2, 0) is 0 Å². The highest BCUT2D eigenvalue weighted by Gasteiger charge is 2.14. The summed E-state index contributed by atoms with van der Waals surface area (Å²) in [6.45, 7) is 0. The van der Waals surface area contributed by atoms with Crippen molar-refractivity contribution in [3.63, 3.8) is 0 Å². The monoisotopic (exact) mass is 322 g/mol. The summed E-state index contributed by atoms with van der Waals surface area (Å²) in [5.74, 6) is 0.213. The number of nitrogens with zero attached hydrogens (tertiary/aromatic N) is 2. The largest absolute Gasteiger partial charge is 0.479 e. The molecule has 2 aromatic heterocycles. The number of rotatable bonds is 3. The van der Waals surface area contributed by atoms with Gasteiger partial charge in [-0.1, -0.05) is 23.2 Å². The zero-order valence-electron chi connectivity index (χ0n) is 10.5. The van der Waals surface area contributed by atoms with Gasteiger partial charge in [0.1, 0.15) is 0 Å². The Kier molecular flexibility index (Phi) is 3.68. The van der Waals surface area contributed by atoms with Crippen molar-refractivity contribution < 1.29 is 13.9 Å². The van der Waals surface area contributed by atoms with Crippen molar-refractivity contribution in [1.29, 1.82) is 0 Å². The van der Waals surface area contributed by atoms with Gasteiger partial charge < -0.3 is 13.9 Å². The fraction of sp³-hybridized carbons (Fsp3) is 0. The quantitative estimate of drug-likeness (QED) is 0.709. The molecule has 0 spiro atoms. The normalized spacial score (nSPS) is 11.3. The standard InChI is InChI=1S/C14H8Cl2N2O3/c15-8-3-4-9(16)10(6-8)17-7-11-14(19)21-13(18-11)12-2-1-5-20-12/h1-7,19H. The molecule has 21 heavy (non-hydrogen) atoms. The number of furan rings is 1. The number of hydrogen-bond donors (Lipinski definition) is 1. The van der Waals surface area contributed by atoms with E-state index in [9.17, 15) is 5.11 Å². The SMILES string of the molecule is Oc1oc(-c2ccco2)nc1C=Nc1cc(Cl)ccc1Cl. The molecule has 0 fully saturated rings. The Morgan fingerprint density at radius 3 is 2.86 bits per heavy atom. The molecule has 1 N–H and O–H groups in total. The minimum atomic E-state index is -0.358. The van der Waals surface area contributed by atoms with Crippen LogP contribution in [0, 0.1) is 0 Å². The Labute approximate surface area is 129 Å². The first kappa shape index (κ1) is 13.7. The first-order valence-corrected chi connectivity index (χ1v) is 6.62. The third-order valence-corrected chi connectivity index (χ3v) is 3.16. The van der Waals surface area contributed by atoms with Crippen LogP contribution in [0.5, 0.6) is 5.95 Å². The third kappa shape index (κ3) is 2.94. The molecule has 0 amide bonds. The van der Waals surface area contributed by atoms with Crippen LogP contribution in [0.3, 0.4) is 0 Å². The fourth-order valence-corrected chi connectivity index (χ4v) is 1.96. The van der Waals surface area contributed by atoms with Gasteiger partial charge in [0.05, 0.1) is 23.2 Å². The number of aromatic nitrogens is 1. The van der Waals surface area contributed by atoms with Gasteiger partial charge in [0.25, 0.3) is 5.89 Å². The molecule has 1 aromatic carbocycles. The molecule has 3 rings (SSSR count). The van der Waals surface area contributed by atoms with Gasteiger partial charge in [-0.15, -0.1) is 0 Å². The van der Waals surface area contributed by atoms with Crippen molar-refractivity contribution >= 4 is 35.1 Å². The molecule has 0 aliphatic rings. The number of benzene rings is 1. The first-order chi connectivity index (χ1) is 10.1. The maximum absolute atomic E-state index is 9.71. The summed E-state index contributed by atoms with van der Waals surface area (Å²) >= 11 is 11.9. The fourth-order valence-electron chi connectivity index (χ4n) is 1.63. The van der Waals surface area contributed by atoms with Crippen LogP contribution >= 0.6 is 23.2 Å². The van der Waals surface area contributed by atoms with E-state index in [1.165, 1.54) is 12.5 Å². The number of oxazole rings is 1.